The molecule has 0 aliphatic rings. The van der Waals surface area contributed by atoms with Gasteiger partial charge in [-0.25, -0.2) is 9.59 Å². The van der Waals surface area contributed by atoms with Crippen LogP contribution in [0, 0.1) is 12.8 Å². The largest absolute Gasteiger partial charge is 0.481 e. The highest BCUT2D eigenvalue weighted by Gasteiger charge is 2.19. The number of aryl methyl sites for hydroxylation is 1. The molecule has 0 saturated carbocycles. The molecule has 2 amide bonds. The summed E-state index contributed by atoms with van der Waals surface area (Å²) in [5, 5.41) is 12.0. The standard InChI is InChI=1S/C14H20N2O5S/c1-5-21-13(19)11-8(2)6-10(22-11)15-14(20)16(4)7-9(3)12(17)18/h6,9H,5,7H2,1-4H3,(H,15,20)(H,17,18). The molecule has 0 spiro atoms. The van der Waals surface area contributed by atoms with Crippen LogP contribution in [0.3, 0.4) is 0 Å². The number of amides is 2. The van der Waals surface area contributed by atoms with Crippen LogP contribution < -0.4 is 5.32 Å². The van der Waals surface area contributed by atoms with Crippen molar-refractivity contribution >= 4 is 34.3 Å². The molecule has 122 valence electrons. The van der Waals surface area contributed by atoms with E-state index in [1.165, 1.54) is 18.9 Å². The second-order valence-corrected chi connectivity index (χ2v) is 5.95. The van der Waals surface area contributed by atoms with Gasteiger partial charge in [-0.05, 0) is 25.5 Å². The quantitative estimate of drug-likeness (QED) is 0.782. The van der Waals surface area contributed by atoms with Crippen molar-refractivity contribution in [3.63, 3.8) is 0 Å². The summed E-state index contributed by atoms with van der Waals surface area (Å²) < 4.78 is 4.94. The highest BCUT2D eigenvalue weighted by Crippen LogP contribution is 2.27. The molecule has 0 saturated heterocycles. The molecule has 1 unspecified atom stereocenters. The molecule has 1 heterocycles. The fourth-order valence-electron chi connectivity index (χ4n) is 1.72. The van der Waals surface area contributed by atoms with Gasteiger partial charge in [0.05, 0.1) is 17.5 Å². The van der Waals surface area contributed by atoms with Crippen LogP contribution in [0.15, 0.2) is 6.07 Å². The van der Waals surface area contributed by atoms with Gasteiger partial charge in [0, 0.05) is 13.6 Å². The number of hydrogen-bond acceptors (Lipinski definition) is 5. The molecule has 1 atom stereocenters. The average Bonchev–Trinajstić information content (AvgIpc) is 2.79. The van der Waals surface area contributed by atoms with E-state index in [2.05, 4.69) is 5.32 Å². The fourth-order valence-corrected chi connectivity index (χ4v) is 2.67. The summed E-state index contributed by atoms with van der Waals surface area (Å²) in [6.07, 6.45) is 0. The minimum absolute atomic E-state index is 0.0935. The van der Waals surface area contributed by atoms with Crippen LogP contribution in [0.5, 0.6) is 0 Å². The number of thiophene rings is 1. The highest BCUT2D eigenvalue weighted by molar-refractivity contribution is 7.18. The van der Waals surface area contributed by atoms with Crippen LogP contribution in [0.1, 0.15) is 29.1 Å². The molecule has 0 radical (unpaired) electrons. The summed E-state index contributed by atoms with van der Waals surface area (Å²) in [6, 6.07) is 1.26. The normalized spacial score (nSPS) is 11.6. The van der Waals surface area contributed by atoms with E-state index >= 15 is 0 Å². The first-order valence-corrected chi connectivity index (χ1v) is 7.60. The summed E-state index contributed by atoms with van der Waals surface area (Å²) in [6.45, 7) is 5.39. The zero-order valence-electron chi connectivity index (χ0n) is 13.0. The zero-order chi connectivity index (χ0) is 16.9. The first-order chi connectivity index (χ1) is 10.3. The fraction of sp³-hybridized carbons (Fsp3) is 0.500. The van der Waals surface area contributed by atoms with Crippen molar-refractivity contribution < 1.29 is 24.2 Å². The van der Waals surface area contributed by atoms with Gasteiger partial charge in [0.2, 0.25) is 0 Å². The van der Waals surface area contributed by atoms with E-state index in [0.29, 0.717) is 9.88 Å². The maximum atomic E-state index is 12.0. The van der Waals surface area contributed by atoms with Crippen LogP contribution in [-0.4, -0.2) is 48.2 Å². The lowest BCUT2D eigenvalue weighted by Gasteiger charge is -2.19. The summed E-state index contributed by atoms with van der Waals surface area (Å²) >= 11 is 1.13. The molecule has 2 N–H and O–H groups in total. The maximum absolute atomic E-state index is 12.0. The molecule has 1 aromatic heterocycles. The Morgan fingerprint density at radius 1 is 1.45 bits per heavy atom. The van der Waals surface area contributed by atoms with E-state index in [-0.39, 0.29) is 13.2 Å². The minimum Gasteiger partial charge on any atom is -0.481 e. The van der Waals surface area contributed by atoms with E-state index in [1.54, 1.807) is 19.9 Å². The molecular formula is C14H20N2O5S. The van der Waals surface area contributed by atoms with Crippen LogP contribution in [-0.2, 0) is 9.53 Å². The van der Waals surface area contributed by atoms with Gasteiger partial charge in [-0.15, -0.1) is 11.3 Å². The molecule has 8 heteroatoms. The van der Waals surface area contributed by atoms with Gasteiger partial charge in [0.15, 0.2) is 0 Å². The van der Waals surface area contributed by atoms with Crippen LogP contribution in [0.4, 0.5) is 9.80 Å². The molecule has 1 aromatic rings. The predicted molar refractivity (Wildman–Crippen MR) is 83.5 cm³/mol. The molecule has 1 rings (SSSR count). The lowest BCUT2D eigenvalue weighted by atomic mass is 10.2. The van der Waals surface area contributed by atoms with E-state index < -0.39 is 23.9 Å². The number of carboxylic acid groups (broad SMARTS) is 1. The van der Waals surface area contributed by atoms with Crippen LogP contribution in [0.25, 0.3) is 0 Å². The predicted octanol–water partition coefficient (Wildman–Crippen LogP) is 2.42. The summed E-state index contributed by atoms with van der Waals surface area (Å²) in [7, 11) is 1.52. The second kappa shape index (κ2) is 7.79. The maximum Gasteiger partial charge on any atom is 0.348 e. The second-order valence-electron chi connectivity index (χ2n) is 4.89. The van der Waals surface area contributed by atoms with Crippen molar-refractivity contribution in [2.75, 3.05) is 25.5 Å². The minimum atomic E-state index is -0.962. The SMILES string of the molecule is CCOC(=O)c1sc(NC(=O)N(C)CC(C)C(=O)O)cc1C. The van der Waals surface area contributed by atoms with Gasteiger partial charge < -0.3 is 14.7 Å². The van der Waals surface area contributed by atoms with E-state index in [4.69, 9.17) is 9.84 Å². The number of rotatable bonds is 6. The third-order valence-corrected chi connectivity index (χ3v) is 4.06. The molecule has 0 aromatic carbocycles. The Kier molecular flexibility index (Phi) is 6.36. The van der Waals surface area contributed by atoms with Crippen LogP contribution in [0.2, 0.25) is 0 Å². The summed E-state index contributed by atoms with van der Waals surface area (Å²) in [5.74, 6) is -2.04. The summed E-state index contributed by atoms with van der Waals surface area (Å²) in [5.41, 5.74) is 0.723. The van der Waals surface area contributed by atoms with Crippen molar-refractivity contribution in [2.45, 2.75) is 20.8 Å². The topological polar surface area (TPSA) is 95.9 Å². The molecule has 22 heavy (non-hydrogen) atoms. The Hall–Kier alpha value is -2.09. The number of anilines is 1. The number of carbonyl (C=O) groups excluding carboxylic acids is 2. The van der Waals surface area contributed by atoms with Gasteiger partial charge in [-0.2, -0.15) is 0 Å². The first kappa shape index (κ1) is 18.0. The zero-order valence-corrected chi connectivity index (χ0v) is 13.8. The van der Waals surface area contributed by atoms with Gasteiger partial charge in [-0.3, -0.25) is 10.1 Å². The van der Waals surface area contributed by atoms with E-state index in [0.717, 1.165) is 16.9 Å². The van der Waals surface area contributed by atoms with Crippen molar-refractivity contribution in [3.8, 4) is 0 Å². The Labute approximate surface area is 132 Å². The number of nitrogens with zero attached hydrogens (tertiary/aromatic N) is 1. The van der Waals surface area contributed by atoms with Crippen molar-refractivity contribution in [3.05, 3.63) is 16.5 Å². The molecular weight excluding hydrogens is 308 g/mol. The number of aliphatic carboxylic acids is 1. The Balaban J connectivity index is 2.70. The van der Waals surface area contributed by atoms with E-state index in [9.17, 15) is 14.4 Å². The Morgan fingerprint density at radius 3 is 2.64 bits per heavy atom. The van der Waals surface area contributed by atoms with Crippen LogP contribution >= 0.6 is 11.3 Å². The number of carboxylic acids is 1. The number of esters is 1. The molecule has 0 aliphatic heterocycles. The lowest BCUT2D eigenvalue weighted by molar-refractivity contribution is -0.141. The highest BCUT2D eigenvalue weighted by atomic mass is 32.1. The molecule has 7 nitrogen and oxygen atoms in total. The van der Waals surface area contributed by atoms with Gasteiger partial charge in [-0.1, -0.05) is 6.92 Å². The van der Waals surface area contributed by atoms with E-state index in [1.807, 2.05) is 0 Å². The summed E-state index contributed by atoms with van der Waals surface area (Å²) in [4.78, 5) is 36.2. The smallest absolute Gasteiger partial charge is 0.348 e. The average molecular weight is 328 g/mol. The molecule has 0 fully saturated rings. The third kappa shape index (κ3) is 4.73. The third-order valence-electron chi connectivity index (χ3n) is 2.92. The van der Waals surface area contributed by atoms with Gasteiger partial charge in [0.1, 0.15) is 4.88 Å². The van der Waals surface area contributed by atoms with Gasteiger partial charge in [0.25, 0.3) is 0 Å². The molecule has 0 aliphatic carbocycles. The number of nitrogens with one attached hydrogen (secondary N) is 1. The van der Waals surface area contributed by atoms with Crippen molar-refractivity contribution in [2.24, 2.45) is 5.92 Å². The van der Waals surface area contributed by atoms with Crippen molar-refractivity contribution in [1.29, 1.82) is 0 Å². The Morgan fingerprint density at radius 2 is 2.09 bits per heavy atom. The first-order valence-electron chi connectivity index (χ1n) is 6.78. The van der Waals surface area contributed by atoms with Crippen molar-refractivity contribution in [1.82, 2.24) is 4.90 Å². The Bertz CT molecular complexity index is 570. The monoisotopic (exact) mass is 328 g/mol. The number of urea groups is 1. The number of carbonyl (C=O) groups is 3. The molecule has 0 bridgehead atoms. The van der Waals surface area contributed by atoms with Gasteiger partial charge >= 0.3 is 18.0 Å². The number of hydrogen-bond donors (Lipinski definition) is 2. The number of ether oxygens (including phenoxy) is 1. The lowest BCUT2D eigenvalue weighted by Crippen LogP contribution is -2.36.